The van der Waals surface area contributed by atoms with E-state index < -0.39 is 0 Å². The Morgan fingerprint density at radius 2 is 0.750 bits per heavy atom. The maximum atomic E-state index is 6.70. The minimum Gasteiger partial charge on any atom is -0.449 e. The van der Waals surface area contributed by atoms with Gasteiger partial charge in [-0.3, -0.25) is 0 Å². The fourth-order valence-corrected chi connectivity index (χ4v) is 7.13. The first-order valence-electron chi connectivity index (χ1n) is 17.4. The molecule has 10 rings (SSSR count). The molecule has 1 aliphatic rings. The molecule has 0 atom stereocenters. The van der Waals surface area contributed by atoms with Gasteiger partial charge in [-0.25, -0.2) is 9.97 Å². The van der Waals surface area contributed by atoms with Crippen molar-refractivity contribution in [2.75, 3.05) is 0 Å². The van der Waals surface area contributed by atoms with Crippen LogP contribution < -0.4 is 9.47 Å². The Kier molecular flexibility index (Phi) is 7.10. The van der Waals surface area contributed by atoms with Crippen molar-refractivity contribution in [3.05, 3.63) is 182 Å². The molecule has 0 N–H and O–H groups in total. The molecule has 2 heterocycles. The van der Waals surface area contributed by atoms with Gasteiger partial charge in [0.05, 0.1) is 11.4 Å². The first-order chi connectivity index (χ1) is 25.7. The zero-order valence-corrected chi connectivity index (χ0v) is 28.0. The Hall–Kier alpha value is -7.04. The Balaban J connectivity index is 1.03. The Labute approximate surface area is 301 Å². The summed E-state index contributed by atoms with van der Waals surface area (Å²) in [7, 11) is 0. The van der Waals surface area contributed by atoms with Crippen LogP contribution in [0, 0.1) is 0 Å². The van der Waals surface area contributed by atoms with Crippen molar-refractivity contribution in [3.63, 3.8) is 0 Å². The van der Waals surface area contributed by atoms with Crippen LogP contribution in [-0.4, -0.2) is 9.97 Å². The van der Waals surface area contributed by atoms with Crippen LogP contribution in [0.2, 0.25) is 0 Å². The van der Waals surface area contributed by atoms with Crippen molar-refractivity contribution in [2.45, 2.75) is 0 Å². The topological polar surface area (TPSA) is 44.2 Å². The maximum Gasteiger partial charge on any atom is 0.178 e. The van der Waals surface area contributed by atoms with Gasteiger partial charge in [-0.1, -0.05) is 158 Å². The van der Waals surface area contributed by atoms with Crippen LogP contribution in [-0.2, 0) is 0 Å². The van der Waals surface area contributed by atoms with Gasteiger partial charge in [0, 0.05) is 27.5 Å². The van der Waals surface area contributed by atoms with Crippen molar-refractivity contribution in [3.8, 4) is 79.2 Å². The van der Waals surface area contributed by atoms with E-state index in [-0.39, 0.29) is 0 Å². The molecule has 0 unspecified atom stereocenters. The van der Waals surface area contributed by atoms with E-state index in [0.29, 0.717) is 17.3 Å². The lowest BCUT2D eigenvalue weighted by Gasteiger charge is -2.24. The van der Waals surface area contributed by atoms with Crippen LogP contribution >= 0.6 is 0 Å². The van der Waals surface area contributed by atoms with Crippen molar-refractivity contribution in [2.24, 2.45) is 0 Å². The summed E-state index contributed by atoms with van der Waals surface area (Å²) in [6.07, 6.45) is 0. The minimum atomic E-state index is 0.684. The first-order valence-corrected chi connectivity index (χ1v) is 17.4. The summed E-state index contributed by atoms with van der Waals surface area (Å²) in [6.45, 7) is 0. The molecule has 0 amide bonds. The van der Waals surface area contributed by atoms with Crippen LogP contribution in [0.25, 0.3) is 77.7 Å². The SMILES string of the molecule is c1ccc(-c2ccc(-c3cc(-c4cccc(-c5ccc6c(c5)Oc5c(c7ccccc7c7ccccc57)O6)c4)nc(-c4ccccc4)n3)cc2)cc1. The number of rotatable bonds is 5. The fourth-order valence-electron chi connectivity index (χ4n) is 7.13. The lowest BCUT2D eigenvalue weighted by Crippen LogP contribution is -2.01. The number of fused-ring (bicyclic) bond motifs is 7. The van der Waals surface area contributed by atoms with Gasteiger partial charge in [-0.05, 0) is 57.3 Å². The second kappa shape index (κ2) is 12.4. The lowest BCUT2D eigenvalue weighted by molar-refractivity contribution is 0.367. The number of hydrogen-bond donors (Lipinski definition) is 0. The first kappa shape index (κ1) is 29.8. The predicted molar refractivity (Wildman–Crippen MR) is 211 cm³/mol. The highest BCUT2D eigenvalue weighted by atomic mass is 16.6. The third-order valence-corrected chi connectivity index (χ3v) is 9.75. The van der Waals surface area contributed by atoms with Gasteiger partial charge in [0.25, 0.3) is 0 Å². The fraction of sp³-hybridized carbons (Fsp3) is 0. The van der Waals surface area contributed by atoms with E-state index in [2.05, 4.69) is 140 Å². The van der Waals surface area contributed by atoms with E-state index in [1.165, 1.54) is 11.1 Å². The Bertz CT molecular complexity index is 2780. The van der Waals surface area contributed by atoms with Gasteiger partial charge in [0.1, 0.15) is 0 Å². The molecule has 0 bridgehead atoms. The molecule has 52 heavy (non-hydrogen) atoms. The molecule has 0 radical (unpaired) electrons. The van der Waals surface area contributed by atoms with Crippen molar-refractivity contribution in [1.82, 2.24) is 9.97 Å². The summed E-state index contributed by atoms with van der Waals surface area (Å²) in [6, 6.07) is 62.6. The van der Waals surface area contributed by atoms with E-state index in [0.717, 1.165) is 72.2 Å². The van der Waals surface area contributed by atoms with Crippen molar-refractivity contribution >= 4 is 21.5 Å². The highest BCUT2D eigenvalue weighted by Gasteiger charge is 2.25. The van der Waals surface area contributed by atoms with Crippen LogP contribution in [0.4, 0.5) is 0 Å². The van der Waals surface area contributed by atoms with Crippen LogP contribution in [0.3, 0.4) is 0 Å². The summed E-state index contributed by atoms with van der Waals surface area (Å²) in [5, 5.41) is 4.34. The standard InChI is InChI=1S/C48H30N2O2/c1-3-12-31(13-4-1)32-22-24-33(25-23-32)42-30-43(50-48(49-42)34-14-5-2-6-15-34)37-17-11-16-35(28-37)36-26-27-44-45(29-36)52-47-41-21-10-8-19-39(41)38-18-7-9-20-40(38)46(47)51-44/h1-30H. The molecule has 244 valence electrons. The second-order valence-electron chi connectivity index (χ2n) is 13.0. The molecular weight excluding hydrogens is 637 g/mol. The van der Waals surface area contributed by atoms with E-state index in [9.17, 15) is 0 Å². The van der Waals surface area contributed by atoms with E-state index in [1.54, 1.807) is 0 Å². The lowest BCUT2D eigenvalue weighted by atomic mass is 9.98. The zero-order valence-electron chi connectivity index (χ0n) is 28.0. The maximum absolute atomic E-state index is 6.70. The summed E-state index contributed by atoms with van der Waals surface area (Å²) >= 11 is 0. The Morgan fingerprint density at radius 1 is 0.288 bits per heavy atom. The molecule has 4 heteroatoms. The van der Waals surface area contributed by atoms with E-state index >= 15 is 0 Å². The smallest absolute Gasteiger partial charge is 0.178 e. The summed E-state index contributed by atoms with van der Waals surface area (Å²) in [5.41, 5.74) is 9.13. The highest BCUT2D eigenvalue weighted by Crippen LogP contribution is 2.53. The molecule has 1 aromatic heterocycles. The number of ether oxygens (including phenoxy) is 2. The second-order valence-corrected chi connectivity index (χ2v) is 13.0. The van der Waals surface area contributed by atoms with Gasteiger partial charge < -0.3 is 9.47 Å². The minimum absolute atomic E-state index is 0.684. The summed E-state index contributed by atoms with van der Waals surface area (Å²) in [4.78, 5) is 10.1. The molecular formula is C48H30N2O2. The number of benzene rings is 8. The molecule has 9 aromatic rings. The largest absolute Gasteiger partial charge is 0.449 e. The molecule has 0 fully saturated rings. The average molecular weight is 667 g/mol. The summed E-state index contributed by atoms with van der Waals surface area (Å²) < 4.78 is 13.3. The van der Waals surface area contributed by atoms with Crippen molar-refractivity contribution in [1.29, 1.82) is 0 Å². The van der Waals surface area contributed by atoms with Crippen LogP contribution in [0.5, 0.6) is 23.0 Å². The molecule has 0 aliphatic carbocycles. The molecule has 0 saturated heterocycles. The average Bonchev–Trinajstić information content (AvgIpc) is 3.23. The van der Waals surface area contributed by atoms with Gasteiger partial charge in [0.15, 0.2) is 28.8 Å². The van der Waals surface area contributed by atoms with E-state index in [1.807, 2.05) is 42.5 Å². The Morgan fingerprint density at radius 3 is 1.42 bits per heavy atom. The van der Waals surface area contributed by atoms with Crippen LogP contribution in [0.15, 0.2) is 182 Å². The van der Waals surface area contributed by atoms with Gasteiger partial charge in [-0.15, -0.1) is 0 Å². The normalized spacial score (nSPS) is 11.8. The number of hydrogen-bond acceptors (Lipinski definition) is 4. The molecule has 0 saturated carbocycles. The molecule has 8 aromatic carbocycles. The molecule has 4 nitrogen and oxygen atoms in total. The van der Waals surface area contributed by atoms with Crippen molar-refractivity contribution < 1.29 is 9.47 Å². The molecule has 1 aliphatic heterocycles. The van der Waals surface area contributed by atoms with Gasteiger partial charge in [0.2, 0.25) is 0 Å². The number of aromatic nitrogens is 2. The third kappa shape index (κ3) is 5.26. The van der Waals surface area contributed by atoms with Crippen LogP contribution in [0.1, 0.15) is 0 Å². The molecule has 0 spiro atoms. The zero-order chi connectivity index (χ0) is 34.4. The van der Waals surface area contributed by atoms with Gasteiger partial charge in [-0.2, -0.15) is 0 Å². The third-order valence-electron chi connectivity index (χ3n) is 9.75. The highest BCUT2D eigenvalue weighted by molar-refractivity contribution is 6.14. The van der Waals surface area contributed by atoms with E-state index in [4.69, 9.17) is 19.4 Å². The predicted octanol–water partition coefficient (Wildman–Crippen LogP) is 13.0. The van der Waals surface area contributed by atoms with Gasteiger partial charge >= 0.3 is 0 Å². The summed E-state index contributed by atoms with van der Waals surface area (Å²) in [5.74, 6) is 3.56. The quantitative estimate of drug-likeness (QED) is 0.172. The monoisotopic (exact) mass is 666 g/mol. The number of nitrogens with zero attached hydrogens (tertiary/aromatic N) is 2.